The van der Waals surface area contributed by atoms with Gasteiger partial charge in [-0.1, -0.05) is 346 Å². The van der Waals surface area contributed by atoms with Gasteiger partial charge in [0.2, 0.25) is 5.91 Å². The molecule has 9 nitrogen and oxygen atoms in total. The van der Waals surface area contributed by atoms with E-state index in [-0.39, 0.29) is 12.5 Å². The summed E-state index contributed by atoms with van der Waals surface area (Å²) in [6.07, 6.45) is 71.5. The van der Waals surface area contributed by atoms with Crippen molar-refractivity contribution in [2.24, 2.45) is 0 Å². The van der Waals surface area contributed by atoms with Gasteiger partial charge in [-0.15, -0.1) is 0 Å². The molecule has 1 rings (SSSR count). The third kappa shape index (κ3) is 48.7. The van der Waals surface area contributed by atoms with Crippen LogP contribution in [0, 0.1) is 0 Å². The molecule has 0 aliphatic carbocycles. The monoisotopic (exact) mass is 1120 g/mol. The largest absolute Gasteiger partial charge is 0.394 e. The molecular formula is C70H135NO8. The fourth-order valence-electron chi connectivity index (χ4n) is 11.5. The topological polar surface area (TPSA) is 149 Å². The number of aliphatic hydroxyl groups is 5. The fraction of sp³-hybridized carbons (Fsp3) is 0.929. The summed E-state index contributed by atoms with van der Waals surface area (Å²) < 4.78 is 11.3. The standard InChI is InChI=1S/C70H135NO8/c1-3-5-7-9-11-13-15-17-19-21-23-25-27-29-31-33-35-37-39-41-43-45-47-49-51-53-55-57-59-64(73)63(62-78-70-69(77)68(76)67(75)65(61-72)79-70)71-66(74)60-58-56-54-52-50-48-46-44-42-40-38-36-34-32-30-28-26-24-22-20-18-16-14-12-10-8-6-4-2/h49,51,57,59,63-65,67-70,72-73,75-77H,3-48,50,52-56,58,60-62H2,1-2H3,(H,71,74)/b51-49+,59-57+. The maximum atomic E-state index is 13.1. The molecule has 7 unspecified atom stereocenters. The first-order valence-electron chi connectivity index (χ1n) is 35.1. The van der Waals surface area contributed by atoms with Crippen LogP contribution < -0.4 is 5.32 Å². The number of hydrogen-bond acceptors (Lipinski definition) is 8. The van der Waals surface area contributed by atoms with Crippen molar-refractivity contribution in [3.63, 3.8) is 0 Å². The van der Waals surface area contributed by atoms with Crippen molar-refractivity contribution in [1.82, 2.24) is 5.32 Å². The van der Waals surface area contributed by atoms with E-state index in [1.54, 1.807) is 6.08 Å². The highest BCUT2D eigenvalue weighted by molar-refractivity contribution is 5.76. The van der Waals surface area contributed by atoms with Crippen LogP contribution in [0.1, 0.15) is 361 Å². The van der Waals surface area contributed by atoms with Crippen molar-refractivity contribution in [2.45, 2.75) is 403 Å². The molecule has 7 atom stereocenters. The molecule has 0 aromatic rings. The van der Waals surface area contributed by atoms with E-state index in [2.05, 4.69) is 31.3 Å². The smallest absolute Gasteiger partial charge is 0.220 e. The molecule has 0 aromatic heterocycles. The Morgan fingerprint density at radius 1 is 0.418 bits per heavy atom. The molecule has 1 fully saturated rings. The number of rotatable bonds is 62. The molecule has 0 saturated carbocycles. The van der Waals surface area contributed by atoms with E-state index in [1.807, 2.05) is 6.08 Å². The molecule has 1 heterocycles. The quantitative estimate of drug-likeness (QED) is 0.0261. The fourth-order valence-corrected chi connectivity index (χ4v) is 11.5. The SMILES string of the molecule is CCCCCCCCCCCCCCCCCCCCCCCC/C=C/CC/C=C/C(O)C(COC1OC(CO)C(O)C(O)C1O)NC(=O)CCCCCCCCCCCCCCCCCCCCCCCCCCCCCC. The molecule has 0 radical (unpaired) electrons. The van der Waals surface area contributed by atoms with Crippen LogP contribution in [0.15, 0.2) is 24.3 Å². The molecule has 9 heteroatoms. The zero-order valence-electron chi connectivity index (χ0n) is 52.4. The molecular weight excluding hydrogens is 983 g/mol. The molecule has 1 amide bonds. The van der Waals surface area contributed by atoms with E-state index in [0.717, 1.165) is 38.5 Å². The Morgan fingerprint density at radius 3 is 1.06 bits per heavy atom. The third-order valence-corrected chi connectivity index (χ3v) is 17.0. The van der Waals surface area contributed by atoms with E-state index in [4.69, 9.17) is 9.47 Å². The lowest BCUT2D eigenvalue weighted by Gasteiger charge is -2.40. The summed E-state index contributed by atoms with van der Waals surface area (Å²) in [5.74, 6) is -0.178. The minimum atomic E-state index is -1.57. The number of hydrogen-bond donors (Lipinski definition) is 6. The highest BCUT2D eigenvalue weighted by Crippen LogP contribution is 2.23. The Bertz CT molecular complexity index is 1300. The molecule has 0 bridgehead atoms. The summed E-state index contributed by atoms with van der Waals surface area (Å²) in [6.45, 7) is 3.83. The van der Waals surface area contributed by atoms with Crippen LogP contribution in [0.5, 0.6) is 0 Å². The predicted molar refractivity (Wildman–Crippen MR) is 337 cm³/mol. The maximum absolute atomic E-state index is 13.1. The second-order valence-corrected chi connectivity index (χ2v) is 24.7. The summed E-state index contributed by atoms with van der Waals surface area (Å²) in [7, 11) is 0. The molecule has 1 saturated heterocycles. The molecule has 1 aliphatic heterocycles. The van der Waals surface area contributed by atoms with E-state index in [1.165, 1.54) is 302 Å². The molecule has 0 aromatic carbocycles. The minimum Gasteiger partial charge on any atom is -0.394 e. The number of nitrogens with one attached hydrogen (secondary N) is 1. The number of carbonyl (C=O) groups is 1. The van der Waals surface area contributed by atoms with Gasteiger partial charge in [0, 0.05) is 6.42 Å². The molecule has 1 aliphatic rings. The third-order valence-electron chi connectivity index (χ3n) is 17.0. The first kappa shape index (κ1) is 75.7. The van der Waals surface area contributed by atoms with Gasteiger partial charge in [0.15, 0.2) is 6.29 Å². The minimum absolute atomic E-state index is 0.178. The van der Waals surface area contributed by atoms with Crippen LogP contribution in [0.2, 0.25) is 0 Å². The van der Waals surface area contributed by atoms with Crippen molar-refractivity contribution in [3.8, 4) is 0 Å². The first-order chi connectivity index (χ1) is 38.8. The number of allylic oxidation sites excluding steroid dienone is 3. The average molecular weight is 1120 g/mol. The van der Waals surface area contributed by atoms with Crippen LogP contribution in [0.25, 0.3) is 0 Å². The van der Waals surface area contributed by atoms with Crippen LogP contribution in [-0.2, 0) is 14.3 Å². The predicted octanol–water partition coefficient (Wildman–Crippen LogP) is 18.9. The van der Waals surface area contributed by atoms with Crippen molar-refractivity contribution in [2.75, 3.05) is 13.2 Å². The van der Waals surface area contributed by atoms with Gasteiger partial charge < -0.3 is 40.3 Å². The Balaban J connectivity index is 2.14. The summed E-state index contributed by atoms with van der Waals surface area (Å²) in [5, 5.41) is 54.7. The van der Waals surface area contributed by atoms with Gasteiger partial charge in [0.25, 0.3) is 0 Å². The van der Waals surface area contributed by atoms with Crippen LogP contribution in [0.3, 0.4) is 0 Å². The summed E-state index contributed by atoms with van der Waals surface area (Å²) in [6, 6.07) is -0.820. The Hall–Kier alpha value is -1.33. The molecule has 0 spiro atoms. The van der Waals surface area contributed by atoms with E-state index in [9.17, 15) is 30.3 Å². The van der Waals surface area contributed by atoms with Crippen molar-refractivity contribution in [3.05, 3.63) is 24.3 Å². The van der Waals surface area contributed by atoms with Crippen LogP contribution >= 0.6 is 0 Å². The zero-order valence-corrected chi connectivity index (χ0v) is 52.4. The summed E-state index contributed by atoms with van der Waals surface area (Å²) >= 11 is 0. The number of carbonyl (C=O) groups excluding carboxylic acids is 1. The lowest BCUT2D eigenvalue weighted by atomic mass is 9.99. The lowest BCUT2D eigenvalue weighted by Crippen LogP contribution is -2.60. The van der Waals surface area contributed by atoms with Crippen LogP contribution in [-0.4, -0.2) is 87.5 Å². The van der Waals surface area contributed by atoms with Gasteiger partial charge >= 0.3 is 0 Å². The number of ether oxygens (including phenoxy) is 2. The first-order valence-corrected chi connectivity index (χ1v) is 35.1. The van der Waals surface area contributed by atoms with E-state index >= 15 is 0 Å². The van der Waals surface area contributed by atoms with Crippen LogP contribution in [0.4, 0.5) is 0 Å². The van der Waals surface area contributed by atoms with Gasteiger partial charge in [-0.2, -0.15) is 0 Å². The number of aliphatic hydroxyl groups excluding tert-OH is 5. The normalized spacial score (nSPS) is 18.6. The summed E-state index contributed by atoms with van der Waals surface area (Å²) in [5.41, 5.74) is 0. The highest BCUT2D eigenvalue weighted by Gasteiger charge is 2.44. The Labute approximate surface area is 489 Å². The molecule has 79 heavy (non-hydrogen) atoms. The Morgan fingerprint density at radius 2 is 0.722 bits per heavy atom. The van der Waals surface area contributed by atoms with E-state index in [0.29, 0.717) is 6.42 Å². The van der Waals surface area contributed by atoms with Gasteiger partial charge in [-0.25, -0.2) is 0 Å². The van der Waals surface area contributed by atoms with Crippen molar-refractivity contribution < 1.29 is 39.8 Å². The van der Waals surface area contributed by atoms with Crippen molar-refractivity contribution >= 4 is 5.91 Å². The van der Waals surface area contributed by atoms with Crippen molar-refractivity contribution in [1.29, 1.82) is 0 Å². The summed E-state index contributed by atoms with van der Waals surface area (Å²) in [4.78, 5) is 13.1. The number of unbranched alkanes of at least 4 members (excludes halogenated alkanes) is 50. The van der Waals surface area contributed by atoms with Gasteiger partial charge in [-0.3, -0.25) is 4.79 Å². The zero-order chi connectivity index (χ0) is 57.2. The Kier molecular flexibility index (Phi) is 57.3. The molecule has 6 N–H and O–H groups in total. The lowest BCUT2D eigenvalue weighted by molar-refractivity contribution is -0.302. The van der Waals surface area contributed by atoms with Gasteiger partial charge in [0.05, 0.1) is 25.4 Å². The number of amides is 1. The van der Waals surface area contributed by atoms with Gasteiger partial charge in [0.1, 0.15) is 24.4 Å². The highest BCUT2D eigenvalue weighted by atomic mass is 16.7. The second-order valence-electron chi connectivity index (χ2n) is 24.7. The average Bonchev–Trinajstić information content (AvgIpc) is 3.47. The maximum Gasteiger partial charge on any atom is 0.220 e. The molecule has 468 valence electrons. The second kappa shape index (κ2) is 59.8. The van der Waals surface area contributed by atoms with E-state index < -0.39 is 49.5 Å². The van der Waals surface area contributed by atoms with Gasteiger partial charge in [-0.05, 0) is 32.1 Å².